The third kappa shape index (κ3) is 5.62. The molecule has 1 atom stereocenters. The molecule has 2 aromatic heterocycles. The summed E-state index contributed by atoms with van der Waals surface area (Å²) in [6, 6.07) is 11.8. The highest BCUT2D eigenvalue weighted by Crippen LogP contribution is 2.45. The molecule has 178 valence electrons. The number of H-pyrrole nitrogens is 1. The van der Waals surface area contributed by atoms with Crippen molar-refractivity contribution in [2.75, 3.05) is 11.1 Å². The lowest BCUT2D eigenvalue weighted by molar-refractivity contribution is -0.113. The Labute approximate surface area is 208 Å². The number of carbonyl (C=O) groups is 1. The fraction of sp³-hybridized carbons (Fsp3) is 0.440. The Hall–Kier alpha value is -2.83. The Bertz CT molecular complexity index is 1180. The summed E-state index contributed by atoms with van der Waals surface area (Å²) in [4.78, 5) is 18.2. The van der Waals surface area contributed by atoms with Crippen LogP contribution in [0.15, 0.2) is 35.5 Å². The van der Waals surface area contributed by atoms with Gasteiger partial charge >= 0.3 is 0 Å². The number of aromatic nitrogens is 3. The number of carbonyl (C=O) groups excluding carboxylic acids is 1. The standard InChI is InChI=1S/C25H29N5O2S2/c1-4-25(2,3)16-10-11-18-19(13-26)23(34-20(18)12-16)28-22(31)15-33-24-27-21(29-30-24)14-32-17-8-6-5-7-9-17/h5-9,16H,4,10-12,14-15H2,1-3H3,(H,28,31)(H,27,29,30)/t16-/m0/s1. The summed E-state index contributed by atoms with van der Waals surface area (Å²) >= 11 is 2.80. The highest BCUT2D eigenvalue weighted by Gasteiger charge is 2.34. The smallest absolute Gasteiger partial charge is 0.235 e. The van der Waals surface area contributed by atoms with Crippen molar-refractivity contribution in [3.63, 3.8) is 0 Å². The van der Waals surface area contributed by atoms with Crippen molar-refractivity contribution in [1.82, 2.24) is 15.2 Å². The van der Waals surface area contributed by atoms with Gasteiger partial charge < -0.3 is 10.1 Å². The minimum absolute atomic E-state index is 0.162. The quantitative estimate of drug-likeness (QED) is 0.375. The van der Waals surface area contributed by atoms with Gasteiger partial charge in [-0.15, -0.1) is 16.4 Å². The molecule has 0 unspecified atom stereocenters. The van der Waals surface area contributed by atoms with E-state index in [0.29, 0.717) is 27.5 Å². The van der Waals surface area contributed by atoms with Gasteiger partial charge in [-0.1, -0.05) is 57.2 Å². The lowest BCUT2D eigenvalue weighted by atomic mass is 9.69. The Morgan fingerprint density at radius 3 is 2.91 bits per heavy atom. The average Bonchev–Trinajstić information content (AvgIpc) is 3.45. The number of nitrogens with zero attached hydrogens (tertiary/aromatic N) is 3. The van der Waals surface area contributed by atoms with E-state index in [9.17, 15) is 10.1 Å². The number of anilines is 1. The van der Waals surface area contributed by atoms with Gasteiger partial charge in [-0.3, -0.25) is 9.89 Å². The van der Waals surface area contributed by atoms with Gasteiger partial charge in [-0.2, -0.15) is 5.26 Å². The number of aromatic amines is 1. The Morgan fingerprint density at radius 1 is 1.38 bits per heavy atom. The second-order valence-electron chi connectivity index (χ2n) is 9.10. The molecule has 1 amide bonds. The van der Waals surface area contributed by atoms with Gasteiger partial charge in [0.1, 0.15) is 23.4 Å². The molecular formula is C25H29N5O2S2. The van der Waals surface area contributed by atoms with Gasteiger partial charge in [-0.05, 0) is 48.3 Å². The number of hydrogen-bond acceptors (Lipinski definition) is 7. The summed E-state index contributed by atoms with van der Waals surface area (Å²) in [7, 11) is 0. The maximum Gasteiger partial charge on any atom is 0.235 e. The fourth-order valence-corrected chi connectivity index (χ4v) is 6.03. The molecule has 1 aromatic carbocycles. The molecule has 1 aliphatic rings. The van der Waals surface area contributed by atoms with E-state index < -0.39 is 0 Å². The zero-order chi connectivity index (χ0) is 24.1. The van der Waals surface area contributed by atoms with Crippen LogP contribution in [-0.2, 0) is 24.2 Å². The van der Waals surface area contributed by atoms with Crippen molar-refractivity contribution >= 4 is 34.0 Å². The molecule has 1 aliphatic carbocycles. The number of fused-ring (bicyclic) bond motifs is 1. The number of hydrogen-bond donors (Lipinski definition) is 2. The maximum atomic E-state index is 12.6. The number of amides is 1. The van der Waals surface area contributed by atoms with Crippen LogP contribution in [0.25, 0.3) is 0 Å². The molecule has 0 fully saturated rings. The third-order valence-electron chi connectivity index (χ3n) is 6.61. The maximum absolute atomic E-state index is 12.6. The van der Waals surface area contributed by atoms with Crippen LogP contribution in [0.1, 0.15) is 55.4 Å². The molecule has 0 aliphatic heterocycles. The molecule has 0 radical (unpaired) electrons. The predicted octanol–water partition coefficient (Wildman–Crippen LogP) is 5.59. The van der Waals surface area contributed by atoms with Crippen molar-refractivity contribution in [2.45, 2.75) is 58.2 Å². The van der Waals surface area contributed by atoms with Crippen molar-refractivity contribution in [3.8, 4) is 11.8 Å². The van der Waals surface area contributed by atoms with E-state index in [2.05, 4.69) is 47.3 Å². The second-order valence-corrected chi connectivity index (χ2v) is 11.2. The van der Waals surface area contributed by atoms with E-state index in [-0.39, 0.29) is 23.7 Å². The molecule has 9 heteroatoms. The van der Waals surface area contributed by atoms with E-state index in [1.165, 1.54) is 16.6 Å². The molecule has 34 heavy (non-hydrogen) atoms. The molecule has 0 saturated heterocycles. The summed E-state index contributed by atoms with van der Waals surface area (Å²) in [5.74, 6) is 1.94. The summed E-state index contributed by atoms with van der Waals surface area (Å²) < 4.78 is 5.66. The molecule has 0 saturated carbocycles. The van der Waals surface area contributed by atoms with E-state index in [0.717, 1.165) is 37.0 Å². The number of nitriles is 1. The zero-order valence-electron chi connectivity index (χ0n) is 19.7. The fourth-order valence-electron chi connectivity index (χ4n) is 4.12. The minimum atomic E-state index is -0.169. The van der Waals surface area contributed by atoms with Crippen LogP contribution in [0.2, 0.25) is 0 Å². The van der Waals surface area contributed by atoms with Crippen LogP contribution in [-0.4, -0.2) is 26.8 Å². The lowest BCUT2D eigenvalue weighted by Crippen LogP contribution is -2.28. The Balaban J connectivity index is 1.32. The van der Waals surface area contributed by atoms with Crippen molar-refractivity contribution in [3.05, 3.63) is 52.2 Å². The summed E-state index contributed by atoms with van der Waals surface area (Å²) in [6.07, 6.45) is 4.10. The lowest BCUT2D eigenvalue weighted by Gasteiger charge is -2.36. The number of ether oxygens (including phenoxy) is 1. The molecule has 0 bridgehead atoms. The van der Waals surface area contributed by atoms with Crippen molar-refractivity contribution in [1.29, 1.82) is 5.26 Å². The number of para-hydroxylation sites is 1. The minimum Gasteiger partial charge on any atom is -0.486 e. The van der Waals surface area contributed by atoms with Gasteiger partial charge in [0.15, 0.2) is 5.82 Å². The summed E-state index contributed by atoms with van der Waals surface area (Å²) in [5, 5.41) is 20.9. The first kappa shape index (κ1) is 24.3. The number of nitrogens with one attached hydrogen (secondary N) is 2. The number of thioether (sulfide) groups is 1. The van der Waals surface area contributed by atoms with Crippen LogP contribution in [0, 0.1) is 22.7 Å². The first-order chi connectivity index (χ1) is 16.4. The van der Waals surface area contributed by atoms with Crippen molar-refractivity contribution < 1.29 is 9.53 Å². The van der Waals surface area contributed by atoms with Gasteiger partial charge in [0.2, 0.25) is 11.1 Å². The summed E-state index contributed by atoms with van der Waals surface area (Å²) in [6.45, 7) is 7.15. The van der Waals surface area contributed by atoms with Gasteiger partial charge in [0, 0.05) is 4.88 Å². The molecule has 2 N–H and O–H groups in total. The predicted molar refractivity (Wildman–Crippen MR) is 135 cm³/mol. The molecule has 0 spiro atoms. The van der Waals surface area contributed by atoms with Gasteiger partial charge in [0.05, 0.1) is 11.3 Å². The van der Waals surface area contributed by atoms with Crippen LogP contribution >= 0.6 is 23.1 Å². The van der Waals surface area contributed by atoms with E-state index in [1.807, 2.05) is 30.3 Å². The zero-order valence-corrected chi connectivity index (χ0v) is 21.3. The van der Waals surface area contributed by atoms with Crippen LogP contribution < -0.4 is 10.1 Å². The SMILES string of the molecule is CCC(C)(C)[C@H]1CCc2c(sc(NC(=O)CSc3n[nH]c(COc4ccccc4)n3)c2C#N)C1. The number of thiophene rings is 1. The van der Waals surface area contributed by atoms with Gasteiger partial charge in [-0.25, -0.2) is 4.98 Å². The van der Waals surface area contributed by atoms with Crippen LogP contribution in [0.5, 0.6) is 5.75 Å². The second kappa shape index (κ2) is 10.6. The van der Waals surface area contributed by atoms with E-state index in [1.54, 1.807) is 11.3 Å². The van der Waals surface area contributed by atoms with Crippen molar-refractivity contribution in [2.24, 2.45) is 11.3 Å². The first-order valence-corrected chi connectivity index (χ1v) is 13.3. The van der Waals surface area contributed by atoms with Crippen LogP contribution in [0.3, 0.4) is 0 Å². The van der Waals surface area contributed by atoms with Crippen LogP contribution in [0.4, 0.5) is 5.00 Å². The number of rotatable bonds is 9. The molecule has 2 heterocycles. The van der Waals surface area contributed by atoms with E-state index >= 15 is 0 Å². The number of benzene rings is 1. The largest absolute Gasteiger partial charge is 0.486 e. The molecule has 7 nitrogen and oxygen atoms in total. The molecular weight excluding hydrogens is 466 g/mol. The van der Waals surface area contributed by atoms with Gasteiger partial charge in [0.25, 0.3) is 0 Å². The highest BCUT2D eigenvalue weighted by atomic mass is 32.2. The Morgan fingerprint density at radius 2 is 2.18 bits per heavy atom. The monoisotopic (exact) mass is 495 g/mol. The first-order valence-electron chi connectivity index (χ1n) is 11.5. The topological polar surface area (TPSA) is 104 Å². The summed E-state index contributed by atoms with van der Waals surface area (Å²) in [5.41, 5.74) is 2.02. The molecule has 4 rings (SSSR count). The Kier molecular flexibility index (Phi) is 7.59. The normalized spacial score (nSPS) is 15.4. The third-order valence-corrected chi connectivity index (χ3v) is 8.63. The average molecular weight is 496 g/mol. The molecule has 3 aromatic rings. The van der Waals surface area contributed by atoms with E-state index in [4.69, 9.17) is 4.74 Å². The highest BCUT2D eigenvalue weighted by molar-refractivity contribution is 7.99.